The summed E-state index contributed by atoms with van der Waals surface area (Å²) < 4.78 is 0. The first-order chi connectivity index (χ1) is 4.70. The Morgan fingerprint density at radius 1 is 1.30 bits per heavy atom. The van der Waals surface area contributed by atoms with E-state index in [0.717, 1.165) is 12.3 Å². The maximum atomic E-state index is 9.86. The normalized spacial score (nSPS) is 53.4. The number of hydrogen-bond acceptors (Lipinski definition) is 1. The first-order valence-electron chi connectivity index (χ1n) is 4.42. The fourth-order valence-corrected chi connectivity index (χ4v) is 2.86. The number of hydrogen-bond donors (Lipinski definition) is 1. The van der Waals surface area contributed by atoms with Crippen LogP contribution in [0.4, 0.5) is 0 Å². The molecule has 1 nitrogen and oxygen atoms in total. The molecular weight excluding hydrogens is 124 g/mol. The summed E-state index contributed by atoms with van der Waals surface area (Å²) in [6, 6.07) is 0. The van der Waals surface area contributed by atoms with Gasteiger partial charge in [0.1, 0.15) is 0 Å². The Labute approximate surface area is 62.4 Å². The van der Waals surface area contributed by atoms with E-state index in [-0.39, 0.29) is 5.60 Å². The molecule has 0 heterocycles. The monoisotopic (exact) mass is 140 g/mol. The lowest BCUT2D eigenvalue weighted by atomic mass is 9.90. The van der Waals surface area contributed by atoms with Crippen molar-refractivity contribution in [3.8, 4) is 0 Å². The summed E-state index contributed by atoms with van der Waals surface area (Å²) in [5.41, 5.74) is -0.304. The molecular formula is C9H16O. The molecule has 1 N–H and O–H groups in total. The number of fused-ring (bicyclic) bond motifs is 1. The molecule has 2 aliphatic carbocycles. The van der Waals surface area contributed by atoms with E-state index in [1.54, 1.807) is 0 Å². The molecule has 2 saturated carbocycles. The van der Waals surface area contributed by atoms with Crippen molar-refractivity contribution in [3.05, 3.63) is 0 Å². The molecule has 0 radical (unpaired) electrons. The topological polar surface area (TPSA) is 20.2 Å². The Kier molecular flexibility index (Phi) is 1.31. The largest absolute Gasteiger partial charge is 0.390 e. The Morgan fingerprint density at radius 2 is 2.10 bits per heavy atom. The molecule has 1 heteroatoms. The molecule has 2 aliphatic rings. The zero-order valence-electron chi connectivity index (χ0n) is 6.64. The summed E-state index contributed by atoms with van der Waals surface area (Å²) in [7, 11) is 0. The lowest BCUT2D eigenvalue weighted by Crippen LogP contribution is -2.29. The van der Waals surface area contributed by atoms with Crippen molar-refractivity contribution in [2.24, 2.45) is 11.8 Å². The van der Waals surface area contributed by atoms with Crippen molar-refractivity contribution in [1.82, 2.24) is 0 Å². The zero-order chi connectivity index (χ0) is 7.19. The van der Waals surface area contributed by atoms with Crippen LogP contribution >= 0.6 is 0 Å². The average Bonchev–Trinajstić information content (AvgIpc) is 2.36. The zero-order valence-corrected chi connectivity index (χ0v) is 6.64. The van der Waals surface area contributed by atoms with Crippen LogP contribution in [0.1, 0.15) is 39.0 Å². The van der Waals surface area contributed by atoms with E-state index in [2.05, 4.69) is 0 Å². The van der Waals surface area contributed by atoms with Gasteiger partial charge in [0.25, 0.3) is 0 Å². The molecule has 2 rings (SSSR count). The van der Waals surface area contributed by atoms with Crippen molar-refractivity contribution in [3.63, 3.8) is 0 Å². The van der Waals surface area contributed by atoms with Crippen molar-refractivity contribution in [2.75, 3.05) is 0 Å². The summed E-state index contributed by atoms with van der Waals surface area (Å²) >= 11 is 0. The van der Waals surface area contributed by atoms with Crippen molar-refractivity contribution < 1.29 is 5.11 Å². The van der Waals surface area contributed by atoms with Crippen LogP contribution in [0, 0.1) is 11.8 Å². The molecule has 3 atom stereocenters. The molecule has 0 aliphatic heterocycles. The van der Waals surface area contributed by atoms with E-state index in [0.29, 0.717) is 5.92 Å². The molecule has 0 spiro atoms. The van der Waals surface area contributed by atoms with E-state index >= 15 is 0 Å². The van der Waals surface area contributed by atoms with Gasteiger partial charge >= 0.3 is 0 Å². The predicted octanol–water partition coefficient (Wildman–Crippen LogP) is 1.95. The minimum Gasteiger partial charge on any atom is -0.390 e. The van der Waals surface area contributed by atoms with Gasteiger partial charge in [0.15, 0.2) is 0 Å². The van der Waals surface area contributed by atoms with Crippen LogP contribution in [-0.2, 0) is 0 Å². The highest BCUT2D eigenvalue weighted by Gasteiger charge is 2.45. The van der Waals surface area contributed by atoms with Gasteiger partial charge in [-0.05, 0) is 38.0 Å². The highest BCUT2D eigenvalue weighted by Crippen LogP contribution is 2.49. The quantitative estimate of drug-likeness (QED) is 0.545. The second-order valence-corrected chi connectivity index (χ2v) is 4.19. The van der Waals surface area contributed by atoms with Gasteiger partial charge in [-0.3, -0.25) is 0 Å². The number of rotatable bonds is 0. The van der Waals surface area contributed by atoms with Crippen molar-refractivity contribution in [2.45, 2.75) is 44.6 Å². The summed E-state index contributed by atoms with van der Waals surface area (Å²) in [5.74, 6) is 1.52. The summed E-state index contributed by atoms with van der Waals surface area (Å²) in [4.78, 5) is 0. The Balaban J connectivity index is 2.16. The van der Waals surface area contributed by atoms with E-state index in [1.165, 1.54) is 25.7 Å². The van der Waals surface area contributed by atoms with Gasteiger partial charge in [0.05, 0.1) is 5.60 Å². The van der Waals surface area contributed by atoms with Gasteiger partial charge in [-0.1, -0.05) is 12.8 Å². The van der Waals surface area contributed by atoms with E-state index < -0.39 is 0 Å². The van der Waals surface area contributed by atoms with Crippen LogP contribution in [0.2, 0.25) is 0 Å². The third-order valence-electron chi connectivity index (χ3n) is 3.48. The van der Waals surface area contributed by atoms with Gasteiger partial charge in [-0.2, -0.15) is 0 Å². The fourth-order valence-electron chi connectivity index (χ4n) is 2.86. The van der Waals surface area contributed by atoms with Crippen LogP contribution < -0.4 is 0 Å². The minimum atomic E-state index is -0.304. The Hall–Kier alpha value is -0.0400. The van der Waals surface area contributed by atoms with E-state index in [9.17, 15) is 5.11 Å². The molecule has 0 unspecified atom stereocenters. The molecule has 58 valence electrons. The van der Waals surface area contributed by atoms with Crippen LogP contribution in [-0.4, -0.2) is 10.7 Å². The maximum Gasteiger partial charge on any atom is 0.0650 e. The molecule has 0 aromatic heterocycles. The highest BCUT2D eigenvalue weighted by molar-refractivity contribution is 4.96. The highest BCUT2D eigenvalue weighted by atomic mass is 16.3. The van der Waals surface area contributed by atoms with Gasteiger partial charge in [-0.15, -0.1) is 0 Å². The Bertz CT molecular complexity index is 140. The second-order valence-electron chi connectivity index (χ2n) is 4.19. The summed E-state index contributed by atoms with van der Waals surface area (Å²) in [6.45, 7) is 2.02. The fraction of sp³-hybridized carbons (Fsp3) is 1.00. The summed E-state index contributed by atoms with van der Waals surface area (Å²) in [6.07, 6.45) is 6.32. The predicted molar refractivity (Wildman–Crippen MR) is 40.7 cm³/mol. The first-order valence-corrected chi connectivity index (χ1v) is 4.42. The average molecular weight is 140 g/mol. The van der Waals surface area contributed by atoms with Crippen LogP contribution in [0.15, 0.2) is 0 Å². The van der Waals surface area contributed by atoms with E-state index in [1.807, 2.05) is 6.92 Å². The third-order valence-corrected chi connectivity index (χ3v) is 3.48. The first kappa shape index (κ1) is 6.66. The maximum absolute atomic E-state index is 9.86. The lowest BCUT2D eigenvalue weighted by Gasteiger charge is -2.24. The second kappa shape index (κ2) is 1.97. The van der Waals surface area contributed by atoms with Crippen LogP contribution in [0.25, 0.3) is 0 Å². The van der Waals surface area contributed by atoms with Gasteiger partial charge in [0.2, 0.25) is 0 Å². The Morgan fingerprint density at radius 3 is 2.80 bits per heavy atom. The molecule has 0 aromatic rings. The van der Waals surface area contributed by atoms with Crippen LogP contribution in [0.3, 0.4) is 0 Å². The van der Waals surface area contributed by atoms with E-state index in [4.69, 9.17) is 0 Å². The van der Waals surface area contributed by atoms with Crippen LogP contribution in [0.5, 0.6) is 0 Å². The van der Waals surface area contributed by atoms with Gasteiger partial charge in [-0.25, -0.2) is 0 Å². The molecule has 0 bridgehead atoms. The molecule has 0 saturated heterocycles. The molecule has 2 fully saturated rings. The smallest absolute Gasteiger partial charge is 0.0650 e. The van der Waals surface area contributed by atoms with Crippen molar-refractivity contribution >= 4 is 0 Å². The third kappa shape index (κ3) is 0.800. The molecule has 10 heavy (non-hydrogen) atoms. The van der Waals surface area contributed by atoms with Gasteiger partial charge in [0, 0.05) is 0 Å². The lowest BCUT2D eigenvalue weighted by molar-refractivity contribution is 0.0166. The minimum absolute atomic E-state index is 0.304. The number of aliphatic hydroxyl groups is 1. The molecule has 0 amide bonds. The standard InChI is InChI=1S/C9H16O/c1-9(10)6-5-7-3-2-4-8(7)9/h7-8,10H,2-6H2,1H3/t7-,8-,9+/m1/s1. The molecule has 0 aromatic carbocycles. The summed E-state index contributed by atoms with van der Waals surface area (Å²) in [5, 5.41) is 9.86. The van der Waals surface area contributed by atoms with Crippen molar-refractivity contribution in [1.29, 1.82) is 0 Å². The van der Waals surface area contributed by atoms with Gasteiger partial charge < -0.3 is 5.11 Å². The SMILES string of the molecule is C[C@]1(O)CC[C@H]2CCC[C@H]21.